The summed E-state index contributed by atoms with van der Waals surface area (Å²) in [6.07, 6.45) is 5.81. The molecule has 0 spiro atoms. The second kappa shape index (κ2) is 6.61. The van der Waals surface area contributed by atoms with E-state index in [0.717, 1.165) is 49.3 Å². The minimum Gasteiger partial charge on any atom is -0.367 e. The average molecular weight is 321 g/mol. The van der Waals surface area contributed by atoms with Crippen LogP contribution in [0.15, 0.2) is 42.9 Å². The van der Waals surface area contributed by atoms with Crippen LogP contribution in [0.2, 0.25) is 0 Å². The lowest BCUT2D eigenvalue weighted by Gasteiger charge is -2.33. The molecule has 3 heterocycles. The maximum atomic E-state index is 4.42. The molecule has 0 bridgehead atoms. The molecule has 5 heteroatoms. The molecule has 5 nitrogen and oxygen atoms in total. The van der Waals surface area contributed by atoms with E-state index < -0.39 is 0 Å². The summed E-state index contributed by atoms with van der Waals surface area (Å²) in [7, 11) is 0. The highest BCUT2D eigenvalue weighted by atomic mass is 15.1. The lowest BCUT2D eigenvalue weighted by molar-refractivity contribution is 0.211. The first-order valence-electron chi connectivity index (χ1n) is 8.61. The molecule has 0 atom stereocenters. The van der Waals surface area contributed by atoms with E-state index in [-0.39, 0.29) is 0 Å². The van der Waals surface area contributed by atoms with Crippen molar-refractivity contribution in [2.75, 3.05) is 18.4 Å². The quantitative estimate of drug-likeness (QED) is 0.774. The number of aromatic amines is 1. The van der Waals surface area contributed by atoms with E-state index in [0.29, 0.717) is 6.04 Å². The number of likely N-dealkylation sites (tertiary alicyclic amines) is 1. The van der Waals surface area contributed by atoms with Crippen molar-refractivity contribution in [3.05, 3.63) is 54.0 Å². The molecule has 1 aliphatic heterocycles. The third kappa shape index (κ3) is 3.12. The van der Waals surface area contributed by atoms with E-state index >= 15 is 0 Å². The summed E-state index contributed by atoms with van der Waals surface area (Å²) >= 11 is 0. The van der Waals surface area contributed by atoms with Gasteiger partial charge in [-0.25, -0.2) is 9.97 Å². The zero-order valence-corrected chi connectivity index (χ0v) is 14.0. The number of nitrogens with zero attached hydrogens (tertiary/aromatic N) is 3. The van der Waals surface area contributed by atoms with Gasteiger partial charge in [0.15, 0.2) is 0 Å². The van der Waals surface area contributed by atoms with Crippen LogP contribution in [0.25, 0.3) is 11.0 Å². The molecule has 1 aromatic carbocycles. The zero-order valence-electron chi connectivity index (χ0n) is 14.0. The fraction of sp³-hybridized carbons (Fsp3) is 0.368. The van der Waals surface area contributed by atoms with Crippen LogP contribution in [-0.4, -0.2) is 39.0 Å². The van der Waals surface area contributed by atoms with E-state index in [4.69, 9.17) is 0 Å². The van der Waals surface area contributed by atoms with Gasteiger partial charge < -0.3 is 10.3 Å². The standard InChI is InChI=1S/C19H23N5/c1-14-4-2-3-5-15(14)12-24-10-7-16(8-11-24)23-19-17-6-9-20-18(17)21-13-22-19/h2-6,9,13,16H,7-8,10-12H2,1H3,(H2,20,21,22,23). The van der Waals surface area contributed by atoms with Crippen molar-refractivity contribution in [3.8, 4) is 0 Å². The molecule has 3 aromatic rings. The molecule has 4 rings (SSSR count). The number of benzene rings is 1. The third-order valence-electron chi connectivity index (χ3n) is 4.94. The second-order valence-corrected chi connectivity index (χ2v) is 6.58. The normalized spacial score (nSPS) is 16.5. The largest absolute Gasteiger partial charge is 0.367 e. The molecular weight excluding hydrogens is 298 g/mol. The molecule has 0 radical (unpaired) electrons. The van der Waals surface area contributed by atoms with Gasteiger partial charge in [-0.3, -0.25) is 4.90 Å². The number of anilines is 1. The number of nitrogens with one attached hydrogen (secondary N) is 2. The van der Waals surface area contributed by atoms with Gasteiger partial charge in [-0.1, -0.05) is 24.3 Å². The number of aryl methyl sites for hydroxylation is 1. The number of H-pyrrole nitrogens is 1. The molecule has 0 aliphatic carbocycles. The van der Waals surface area contributed by atoms with Crippen LogP contribution in [0.1, 0.15) is 24.0 Å². The number of fused-ring (bicyclic) bond motifs is 1. The summed E-state index contributed by atoms with van der Waals surface area (Å²) in [6.45, 7) is 5.48. The molecule has 124 valence electrons. The van der Waals surface area contributed by atoms with E-state index in [2.05, 4.69) is 56.4 Å². The number of hydrogen-bond donors (Lipinski definition) is 2. The summed E-state index contributed by atoms with van der Waals surface area (Å²) in [6, 6.07) is 11.2. The molecule has 0 saturated carbocycles. The molecule has 1 fully saturated rings. The molecule has 2 aromatic heterocycles. The van der Waals surface area contributed by atoms with Crippen LogP contribution in [0.5, 0.6) is 0 Å². The Kier molecular flexibility index (Phi) is 4.17. The molecule has 2 N–H and O–H groups in total. The molecule has 24 heavy (non-hydrogen) atoms. The minimum absolute atomic E-state index is 0.478. The fourth-order valence-electron chi connectivity index (χ4n) is 3.44. The Balaban J connectivity index is 1.36. The Labute approximate surface area is 142 Å². The van der Waals surface area contributed by atoms with Gasteiger partial charge in [0.25, 0.3) is 0 Å². The van der Waals surface area contributed by atoms with Crippen molar-refractivity contribution in [1.29, 1.82) is 0 Å². The maximum absolute atomic E-state index is 4.42. The summed E-state index contributed by atoms with van der Waals surface area (Å²) in [5, 5.41) is 4.68. The monoisotopic (exact) mass is 321 g/mol. The minimum atomic E-state index is 0.478. The SMILES string of the molecule is Cc1ccccc1CN1CCC(Nc2ncnc3[nH]ccc23)CC1. The lowest BCUT2D eigenvalue weighted by atomic mass is 10.0. The van der Waals surface area contributed by atoms with Gasteiger partial charge in [0.1, 0.15) is 17.8 Å². The Morgan fingerprint density at radius 2 is 2.00 bits per heavy atom. The van der Waals surface area contributed by atoms with Crippen LogP contribution in [0, 0.1) is 6.92 Å². The molecular formula is C19H23N5. The smallest absolute Gasteiger partial charge is 0.142 e. The second-order valence-electron chi connectivity index (χ2n) is 6.58. The van der Waals surface area contributed by atoms with Gasteiger partial charge in [0.05, 0.1) is 5.39 Å². The van der Waals surface area contributed by atoms with Crippen molar-refractivity contribution in [2.24, 2.45) is 0 Å². The highest BCUT2D eigenvalue weighted by molar-refractivity contribution is 5.86. The van der Waals surface area contributed by atoms with Gasteiger partial charge in [-0.15, -0.1) is 0 Å². The number of hydrogen-bond acceptors (Lipinski definition) is 4. The van der Waals surface area contributed by atoms with Crippen molar-refractivity contribution in [2.45, 2.75) is 32.4 Å². The average Bonchev–Trinajstić information content (AvgIpc) is 3.08. The summed E-state index contributed by atoms with van der Waals surface area (Å²) in [4.78, 5) is 14.3. The van der Waals surface area contributed by atoms with E-state index in [1.807, 2.05) is 12.3 Å². The van der Waals surface area contributed by atoms with Crippen molar-refractivity contribution >= 4 is 16.9 Å². The van der Waals surface area contributed by atoms with Gasteiger partial charge in [-0.05, 0) is 37.0 Å². The Hall–Kier alpha value is -2.40. The van der Waals surface area contributed by atoms with Crippen molar-refractivity contribution in [1.82, 2.24) is 19.9 Å². The first kappa shape index (κ1) is 15.1. The summed E-state index contributed by atoms with van der Waals surface area (Å²) in [5.41, 5.74) is 3.71. The predicted molar refractivity (Wildman–Crippen MR) is 97.0 cm³/mol. The molecule has 1 aliphatic rings. The van der Waals surface area contributed by atoms with Crippen LogP contribution in [0.3, 0.4) is 0 Å². The van der Waals surface area contributed by atoms with Crippen LogP contribution < -0.4 is 5.32 Å². The fourth-order valence-corrected chi connectivity index (χ4v) is 3.44. The summed E-state index contributed by atoms with van der Waals surface area (Å²) in [5.74, 6) is 0.943. The van der Waals surface area contributed by atoms with Crippen LogP contribution >= 0.6 is 0 Å². The number of piperidine rings is 1. The van der Waals surface area contributed by atoms with E-state index in [9.17, 15) is 0 Å². The molecule has 1 saturated heterocycles. The zero-order chi connectivity index (χ0) is 16.4. The Bertz CT molecular complexity index is 817. The highest BCUT2D eigenvalue weighted by Gasteiger charge is 2.20. The lowest BCUT2D eigenvalue weighted by Crippen LogP contribution is -2.38. The Morgan fingerprint density at radius 1 is 1.17 bits per heavy atom. The van der Waals surface area contributed by atoms with Gasteiger partial charge in [-0.2, -0.15) is 0 Å². The molecule has 0 amide bonds. The first-order valence-corrected chi connectivity index (χ1v) is 8.61. The van der Waals surface area contributed by atoms with Gasteiger partial charge >= 0.3 is 0 Å². The van der Waals surface area contributed by atoms with Crippen molar-refractivity contribution < 1.29 is 0 Å². The predicted octanol–water partition coefficient (Wildman–Crippen LogP) is 3.34. The topological polar surface area (TPSA) is 56.8 Å². The van der Waals surface area contributed by atoms with Gasteiger partial charge in [0, 0.05) is 31.9 Å². The van der Waals surface area contributed by atoms with E-state index in [1.54, 1.807) is 6.33 Å². The maximum Gasteiger partial charge on any atom is 0.142 e. The summed E-state index contributed by atoms with van der Waals surface area (Å²) < 4.78 is 0. The van der Waals surface area contributed by atoms with Crippen molar-refractivity contribution in [3.63, 3.8) is 0 Å². The Morgan fingerprint density at radius 3 is 2.83 bits per heavy atom. The van der Waals surface area contributed by atoms with Crippen LogP contribution in [-0.2, 0) is 6.54 Å². The first-order chi connectivity index (χ1) is 11.8. The van der Waals surface area contributed by atoms with E-state index in [1.165, 1.54) is 11.1 Å². The third-order valence-corrected chi connectivity index (χ3v) is 4.94. The highest BCUT2D eigenvalue weighted by Crippen LogP contribution is 2.22. The number of aromatic nitrogens is 3. The van der Waals surface area contributed by atoms with Crippen LogP contribution in [0.4, 0.5) is 5.82 Å². The van der Waals surface area contributed by atoms with Gasteiger partial charge in [0.2, 0.25) is 0 Å². The molecule has 0 unspecified atom stereocenters. The number of rotatable bonds is 4.